The molecule has 0 saturated carbocycles. The predicted molar refractivity (Wildman–Crippen MR) is 73.8 cm³/mol. The summed E-state index contributed by atoms with van der Waals surface area (Å²) in [5, 5.41) is 10.1. The van der Waals surface area contributed by atoms with Crippen LogP contribution in [0.5, 0.6) is 5.75 Å². The van der Waals surface area contributed by atoms with Crippen LogP contribution in [0.3, 0.4) is 0 Å². The van der Waals surface area contributed by atoms with Crippen LogP contribution in [0.4, 0.5) is 0 Å². The van der Waals surface area contributed by atoms with Gasteiger partial charge in [-0.25, -0.2) is 0 Å². The van der Waals surface area contributed by atoms with E-state index in [9.17, 15) is 5.11 Å². The summed E-state index contributed by atoms with van der Waals surface area (Å²) < 4.78 is 11.8. The Morgan fingerprint density at radius 2 is 1.50 bits per heavy atom. The van der Waals surface area contributed by atoms with Crippen molar-refractivity contribution in [1.29, 1.82) is 0 Å². The number of phenols is 1. The molecule has 1 N–H and O–H groups in total. The fourth-order valence-corrected chi connectivity index (χ4v) is 2.12. The van der Waals surface area contributed by atoms with Crippen LogP contribution in [-0.4, -0.2) is 23.4 Å². The van der Waals surface area contributed by atoms with Gasteiger partial charge in [0.2, 0.25) is 0 Å². The molecule has 0 spiro atoms. The second-order valence-corrected chi connectivity index (χ2v) is 6.23. The summed E-state index contributed by atoms with van der Waals surface area (Å²) in [6, 6.07) is 2.96. The number of halogens is 2. The monoisotopic (exact) mass is 288 g/mol. The van der Waals surface area contributed by atoms with Gasteiger partial charge in [0.25, 0.3) is 0 Å². The van der Waals surface area contributed by atoms with Crippen molar-refractivity contribution in [2.24, 2.45) is 0 Å². The molecule has 0 aliphatic carbocycles. The van der Waals surface area contributed by atoms with Gasteiger partial charge in [0.05, 0.1) is 16.2 Å². The van der Waals surface area contributed by atoms with Crippen molar-refractivity contribution in [2.45, 2.75) is 38.9 Å². The molecule has 1 aromatic rings. The summed E-state index contributed by atoms with van der Waals surface area (Å²) in [6.45, 7) is 7.84. The van der Waals surface area contributed by atoms with Crippen molar-refractivity contribution >= 4 is 35.8 Å². The standard InChI is InChI=1S/C12H15BCl2O3/c1-11(2)12(3,4)18-13(17-11)7-5-9(15)10(16)6-8(7)14/h5-6,16H,1-4H3. The zero-order valence-electron chi connectivity index (χ0n) is 10.8. The summed E-state index contributed by atoms with van der Waals surface area (Å²) in [4.78, 5) is 0. The molecule has 1 heterocycles. The van der Waals surface area contributed by atoms with Crippen molar-refractivity contribution in [2.75, 3.05) is 0 Å². The van der Waals surface area contributed by atoms with E-state index in [1.165, 1.54) is 6.07 Å². The highest BCUT2D eigenvalue weighted by Crippen LogP contribution is 2.37. The van der Waals surface area contributed by atoms with Crippen molar-refractivity contribution in [1.82, 2.24) is 0 Å². The summed E-state index contributed by atoms with van der Waals surface area (Å²) >= 11 is 12.0. The summed E-state index contributed by atoms with van der Waals surface area (Å²) in [7, 11) is -0.583. The molecule has 1 aliphatic rings. The van der Waals surface area contributed by atoms with Gasteiger partial charge >= 0.3 is 7.12 Å². The van der Waals surface area contributed by atoms with Crippen molar-refractivity contribution in [3.63, 3.8) is 0 Å². The number of aromatic hydroxyl groups is 1. The molecule has 1 saturated heterocycles. The lowest BCUT2D eigenvalue weighted by Crippen LogP contribution is -2.41. The minimum Gasteiger partial charge on any atom is -0.506 e. The molecule has 0 aromatic heterocycles. The molecule has 3 nitrogen and oxygen atoms in total. The first-order valence-corrected chi connectivity index (χ1v) is 6.43. The van der Waals surface area contributed by atoms with Crippen LogP contribution >= 0.6 is 23.2 Å². The molecule has 0 bridgehead atoms. The quantitative estimate of drug-likeness (QED) is 0.808. The first kappa shape index (κ1) is 14.0. The smallest absolute Gasteiger partial charge is 0.496 e. The lowest BCUT2D eigenvalue weighted by molar-refractivity contribution is 0.00578. The molecule has 98 valence electrons. The van der Waals surface area contributed by atoms with Gasteiger partial charge in [0.15, 0.2) is 0 Å². The topological polar surface area (TPSA) is 38.7 Å². The van der Waals surface area contributed by atoms with Crippen LogP contribution in [0.25, 0.3) is 0 Å². The van der Waals surface area contributed by atoms with E-state index in [2.05, 4.69) is 0 Å². The Balaban J connectivity index is 2.38. The van der Waals surface area contributed by atoms with Gasteiger partial charge in [-0.1, -0.05) is 23.2 Å². The molecule has 2 rings (SSSR count). The van der Waals surface area contributed by atoms with E-state index in [1.807, 2.05) is 27.7 Å². The number of phenolic OH excluding ortho intramolecular Hbond substituents is 1. The van der Waals surface area contributed by atoms with Crippen LogP contribution in [0, 0.1) is 0 Å². The fraction of sp³-hybridized carbons (Fsp3) is 0.500. The lowest BCUT2D eigenvalue weighted by atomic mass is 9.79. The highest BCUT2D eigenvalue weighted by Gasteiger charge is 2.52. The van der Waals surface area contributed by atoms with E-state index in [1.54, 1.807) is 6.07 Å². The highest BCUT2D eigenvalue weighted by molar-refractivity contribution is 6.66. The van der Waals surface area contributed by atoms with Gasteiger partial charge in [-0.15, -0.1) is 0 Å². The predicted octanol–water partition coefficient (Wildman–Crippen LogP) is 3.00. The third-order valence-electron chi connectivity index (χ3n) is 3.57. The molecule has 0 amide bonds. The Labute approximate surface area is 117 Å². The molecule has 18 heavy (non-hydrogen) atoms. The Hall–Kier alpha value is -0.415. The van der Waals surface area contributed by atoms with Gasteiger partial charge in [0.1, 0.15) is 5.75 Å². The summed E-state index contributed by atoms with van der Waals surface area (Å²) in [5.41, 5.74) is -0.255. The van der Waals surface area contributed by atoms with Crippen LogP contribution in [0.15, 0.2) is 12.1 Å². The molecule has 6 heteroatoms. The Morgan fingerprint density at radius 1 is 1.00 bits per heavy atom. The zero-order valence-corrected chi connectivity index (χ0v) is 12.3. The zero-order chi connectivity index (χ0) is 13.7. The van der Waals surface area contributed by atoms with Gasteiger partial charge in [-0.3, -0.25) is 0 Å². The third kappa shape index (κ3) is 2.23. The minimum atomic E-state index is -0.583. The van der Waals surface area contributed by atoms with Crippen LogP contribution < -0.4 is 5.46 Å². The maximum atomic E-state index is 9.47. The van der Waals surface area contributed by atoms with Crippen molar-refractivity contribution < 1.29 is 14.4 Å². The maximum Gasteiger partial charge on any atom is 0.496 e. The molecular weight excluding hydrogens is 274 g/mol. The Kier molecular flexibility index (Phi) is 3.35. The Morgan fingerprint density at radius 3 is 2.00 bits per heavy atom. The third-order valence-corrected chi connectivity index (χ3v) is 4.20. The van der Waals surface area contributed by atoms with Gasteiger partial charge in [-0.2, -0.15) is 0 Å². The van der Waals surface area contributed by atoms with E-state index < -0.39 is 18.3 Å². The van der Waals surface area contributed by atoms with E-state index in [4.69, 9.17) is 32.5 Å². The van der Waals surface area contributed by atoms with Crippen molar-refractivity contribution in [3.8, 4) is 5.75 Å². The average Bonchev–Trinajstić information content (AvgIpc) is 2.42. The SMILES string of the molecule is CC1(C)OB(c2cc(Cl)c(O)cc2Cl)OC1(C)C. The average molecular weight is 289 g/mol. The lowest BCUT2D eigenvalue weighted by Gasteiger charge is -2.32. The second-order valence-electron chi connectivity index (χ2n) is 5.41. The summed E-state index contributed by atoms with van der Waals surface area (Å²) in [5.74, 6) is -0.0538. The molecule has 0 radical (unpaired) electrons. The van der Waals surface area contributed by atoms with Crippen LogP contribution in [0.2, 0.25) is 10.0 Å². The molecule has 1 aliphatic heterocycles. The van der Waals surface area contributed by atoms with Gasteiger partial charge < -0.3 is 14.4 Å². The van der Waals surface area contributed by atoms with E-state index >= 15 is 0 Å². The van der Waals surface area contributed by atoms with E-state index in [0.717, 1.165) is 0 Å². The summed E-state index contributed by atoms with van der Waals surface area (Å²) in [6.07, 6.45) is 0. The number of rotatable bonds is 1. The molecule has 0 unspecified atom stereocenters. The number of benzene rings is 1. The molecule has 1 fully saturated rings. The van der Waals surface area contributed by atoms with E-state index in [-0.39, 0.29) is 10.8 Å². The van der Waals surface area contributed by atoms with Crippen LogP contribution in [0.1, 0.15) is 27.7 Å². The normalized spacial score (nSPS) is 21.3. The van der Waals surface area contributed by atoms with Gasteiger partial charge in [0, 0.05) is 10.5 Å². The first-order valence-electron chi connectivity index (χ1n) is 5.67. The molecule has 0 atom stereocenters. The molecule has 1 aromatic carbocycles. The van der Waals surface area contributed by atoms with Gasteiger partial charge in [-0.05, 0) is 39.8 Å². The first-order chi connectivity index (χ1) is 8.14. The fourth-order valence-electron chi connectivity index (χ4n) is 1.70. The minimum absolute atomic E-state index is 0.0538. The second kappa shape index (κ2) is 4.31. The highest BCUT2D eigenvalue weighted by atomic mass is 35.5. The van der Waals surface area contributed by atoms with Crippen molar-refractivity contribution in [3.05, 3.63) is 22.2 Å². The number of hydrogen-bond donors (Lipinski definition) is 1. The van der Waals surface area contributed by atoms with Crippen LogP contribution in [-0.2, 0) is 9.31 Å². The Bertz CT molecular complexity index is 472. The number of hydrogen-bond acceptors (Lipinski definition) is 3. The molecular formula is C12H15BCl2O3. The maximum absolute atomic E-state index is 9.47. The largest absolute Gasteiger partial charge is 0.506 e. The van der Waals surface area contributed by atoms with E-state index in [0.29, 0.717) is 10.5 Å².